The Labute approximate surface area is 132 Å². The summed E-state index contributed by atoms with van der Waals surface area (Å²) >= 11 is 1.47. The molecular formula is C14H18N2O5S. The lowest BCUT2D eigenvalue weighted by atomic mass is 10.1. The average Bonchev–Trinajstić information content (AvgIpc) is 3.05. The van der Waals surface area contributed by atoms with Crippen LogP contribution in [-0.4, -0.2) is 51.0 Å². The Morgan fingerprint density at radius 2 is 2.09 bits per heavy atom. The van der Waals surface area contributed by atoms with Gasteiger partial charge in [0.25, 0.3) is 5.91 Å². The summed E-state index contributed by atoms with van der Waals surface area (Å²) in [5, 5.41) is 11.7. The van der Waals surface area contributed by atoms with Gasteiger partial charge in [0, 0.05) is 17.4 Å². The number of hydrogen-bond acceptors (Lipinski definition) is 5. The van der Waals surface area contributed by atoms with Crippen LogP contribution in [0.2, 0.25) is 0 Å². The van der Waals surface area contributed by atoms with E-state index >= 15 is 0 Å². The normalized spacial score (nSPS) is 18.3. The van der Waals surface area contributed by atoms with E-state index in [0.29, 0.717) is 11.6 Å². The average molecular weight is 326 g/mol. The summed E-state index contributed by atoms with van der Waals surface area (Å²) in [6, 6.07) is 0.585. The first-order valence-electron chi connectivity index (χ1n) is 6.71. The first-order valence-corrected chi connectivity index (χ1v) is 7.87. The van der Waals surface area contributed by atoms with Crippen LogP contribution in [-0.2, 0) is 4.79 Å². The van der Waals surface area contributed by atoms with Crippen LogP contribution in [0, 0.1) is 0 Å². The van der Waals surface area contributed by atoms with Crippen LogP contribution in [0.15, 0.2) is 16.7 Å². The molecule has 2 heterocycles. The van der Waals surface area contributed by atoms with Gasteiger partial charge in [-0.2, -0.15) is 0 Å². The lowest BCUT2D eigenvalue weighted by Gasteiger charge is -2.27. The Balaban J connectivity index is 2.14. The van der Waals surface area contributed by atoms with Gasteiger partial charge in [-0.1, -0.05) is 0 Å². The molecule has 1 aliphatic rings. The summed E-state index contributed by atoms with van der Waals surface area (Å²) < 4.78 is 5.02. The van der Waals surface area contributed by atoms with Crippen molar-refractivity contribution in [1.82, 2.24) is 10.2 Å². The number of amides is 2. The van der Waals surface area contributed by atoms with Gasteiger partial charge in [-0.15, -0.1) is 11.8 Å². The van der Waals surface area contributed by atoms with Gasteiger partial charge in [0.1, 0.15) is 12.3 Å². The predicted molar refractivity (Wildman–Crippen MR) is 80.8 cm³/mol. The summed E-state index contributed by atoms with van der Waals surface area (Å²) in [5.74, 6) is -1.08. The van der Waals surface area contributed by atoms with E-state index in [4.69, 9.17) is 9.52 Å². The number of hydrogen-bond donors (Lipinski definition) is 2. The Kier molecular flexibility index (Phi) is 4.50. The first kappa shape index (κ1) is 16.4. The minimum Gasteiger partial charge on any atom is -0.478 e. The van der Waals surface area contributed by atoms with Crippen molar-refractivity contribution >= 4 is 29.5 Å². The van der Waals surface area contributed by atoms with Crippen molar-refractivity contribution in [2.24, 2.45) is 0 Å². The highest BCUT2D eigenvalue weighted by Crippen LogP contribution is 2.24. The van der Waals surface area contributed by atoms with Crippen molar-refractivity contribution in [3.8, 4) is 0 Å². The number of thioether (sulfide) groups is 1. The molecule has 0 radical (unpaired) electrons. The SMILES string of the molecule is CC(C)(C)NC(=O)C1CSCN1C(=O)c1cc(C(=O)O)co1. The molecule has 0 bridgehead atoms. The second kappa shape index (κ2) is 6.04. The van der Waals surface area contributed by atoms with Crippen LogP contribution < -0.4 is 5.32 Å². The zero-order valence-electron chi connectivity index (χ0n) is 12.6. The molecule has 8 heteroatoms. The Morgan fingerprint density at radius 3 is 2.64 bits per heavy atom. The molecule has 1 aliphatic heterocycles. The highest BCUT2D eigenvalue weighted by Gasteiger charge is 2.37. The molecule has 0 aliphatic carbocycles. The van der Waals surface area contributed by atoms with Crippen molar-refractivity contribution in [3.63, 3.8) is 0 Å². The van der Waals surface area contributed by atoms with Gasteiger partial charge >= 0.3 is 5.97 Å². The summed E-state index contributed by atoms with van der Waals surface area (Å²) in [5.41, 5.74) is -0.480. The van der Waals surface area contributed by atoms with E-state index in [1.54, 1.807) is 0 Å². The van der Waals surface area contributed by atoms with E-state index in [1.165, 1.54) is 22.7 Å². The molecule has 2 N–H and O–H groups in total. The smallest absolute Gasteiger partial charge is 0.338 e. The number of carbonyl (C=O) groups excluding carboxylic acids is 2. The fourth-order valence-corrected chi connectivity index (χ4v) is 3.17. The van der Waals surface area contributed by atoms with E-state index in [9.17, 15) is 14.4 Å². The third-order valence-electron chi connectivity index (χ3n) is 3.00. The third kappa shape index (κ3) is 3.62. The molecule has 1 fully saturated rings. The Hall–Kier alpha value is -1.96. The number of carboxylic acid groups (broad SMARTS) is 1. The molecule has 1 atom stereocenters. The van der Waals surface area contributed by atoms with Gasteiger partial charge < -0.3 is 19.7 Å². The minimum atomic E-state index is -1.17. The van der Waals surface area contributed by atoms with Crippen LogP contribution in [0.1, 0.15) is 41.7 Å². The molecule has 7 nitrogen and oxygen atoms in total. The molecule has 1 saturated heterocycles. The number of carbonyl (C=O) groups is 3. The van der Waals surface area contributed by atoms with Crippen LogP contribution in [0.5, 0.6) is 0 Å². The molecule has 1 unspecified atom stereocenters. The van der Waals surface area contributed by atoms with Gasteiger partial charge in [0.05, 0.1) is 11.4 Å². The topological polar surface area (TPSA) is 99.9 Å². The van der Waals surface area contributed by atoms with Gasteiger partial charge in [0.15, 0.2) is 5.76 Å². The maximum absolute atomic E-state index is 12.4. The van der Waals surface area contributed by atoms with Crippen molar-refractivity contribution in [3.05, 3.63) is 23.7 Å². The van der Waals surface area contributed by atoms with Crippen molar-refractivity contribution in [1.29, 1.82) is 0 Å². The second-order valence-electron chi connectivity index (χ2n) is 6.03. The van der Waals surface area contributed by atoms with Gasteiger partial charge in [-0.05, 0) is 20.8 Å². The van der Waals surface area contributed by atoms with Gasteiger partial charge in [0.2, 0.25) is 5.91 Å². The number of carboxylic acids is 1. The van der Waals surface area contributed by atoms with Crippen LogP contribution >= 0.6 is 11.8 Å². The zero-order chi connectivity index (χ0) is 16.5. The fourth-order valence-electron chi connectivity index (χ4n) is 2.01. The number of nitrogens with zero attached hydrogens (tertiary/aromatic N) is 1. The minimum absolute atomic E-state index is 0.0755. The zero-order valence-corrected chi connectivity index (χ0v) is 13.4. The van der Waals surface area contributed by atoms with Crippen LogP contribution in [0.3, 0.4) is 0 Å². The fraction of sp³-hybridized carbons (Fsp3) is 0.500. The van der Waals surface area contributed by atoms with E-state index in [1.807, 2.05) is 20.8 Å². The highest BCUT2D eigenvalue weighted by atomic mass is 32.2. The van der Waals surface area contributed by atoms with E-state index < -0.39 is 17.9 Å². The molecule has 120 valence electrons. The summed E-state index contributed by atoms with van der Waals surface area (Å²) in [6.45, 7) is 5.60. The van der Waals surface area contributed by atoms with E-state index in [2.05, 4.69) is 5.32 Å². The van der Waals surface area contributed by atoms with Gasteiger partial charge in [-0.25, -0.2) is 4.79 Å². The molecule has 2 rings (SSSR count). The van der Waals surface area contributed by atoms with Crippen LogP contribution in [0.25, 0.3) is 0 Å². The molecule has 22 heavy (non-hydrogen) atoms. The van der Waals surface area contributed by atoms with Crippen molar-refractivity contribution in [2.75, 3.05) is 11.6 Å². The summed E-state index contributed by atoms with van der Waals surface area (Å²) in [7, 11) is 0. The Morgan fingerprint density at radius 1 is 1.41 bits per heavy atom. The number of nitrogens with one attached hydrogen (secondary N) is 1. The Bertz CT molecular complexity index is 605. The van der Waals surface area contributed by atoms with Crippen LogP contribution in [0.4, 0.5) is 0 Å². The number of aromatic carboxylic acids is 1. The molecule has 0 aromatic carbocycles. The van der Waals surface area contributed by atoms with Crippen molar-refractivity contribution in [2.45, 2.75) is 32.4 Å². The lowest BCUT2D eigenvalue weighted by Crippen LogP contribution is -2.52. The monoisotopic (exact) mass is 326 g/mol. The molecule has 2 amide bonds. The highest BCUT2D eigenvalue weighted by molar-refractivity contribution is 7.99. The molecule has 0 spiro atoms. The maximum atomic E-state index is 12.4. The number of rotatable bonds is 3. The first-order chi connectivity index (χ1) is 10.2. The largest absolute Gasteiger partial charge is 0.478 e. The standard InChI is InChI=1S/C14H18N2O5S/c1-14(2,3)15-11(17)9-6-22-7-16(9)12(18)10-4-8(5-21-10)13(19)20/h4-5,9H,6-7H2,1-3H3,(H,15,17)(H,19,20). The molecule has 0 saturated carbocycles. The molecular weight excluding hydrogens is 308 g/mol. The quantitative estimate of drug-likeness (QED) is 0.871. The van der Waals surface area contributed by atoms with E-state index in [0.717, 1.165) is 6.26 Å². The van der Waals surface area contributed by atoms with E-state index in [-0.39, 0.29) is 22.8 Å². The number of furan rings is 1. The van der Waals surface area contributed by atoms with Gasteiger partial charge in [-0.3, -0.25) is 9.59 Å². The predicted octanol–water partition coefficient (Wildman–Crippen LogP) is 1.41. The summed E-state index contributed by atoms with van der Waals surface area (Å²) in [4.78, 5) is 36.9. The van der Waals surface area contributed by atoms with Crippen molar-refractivity contribution < 1.29 is 23.9 Å². The maximum Gasteiger partial charge on any atom is 0.338 e. The second-order valence-corrected chi connectivity index (χ2v) is 7.03. The summed E-state index contributed by atoms with van der Waals surface area (Å²) in [6.07, 6.45) is 1.02. The molecule has 1 aromatic rings. The lowest BCUT2D eigenvalue weighted by molar-refractivity contribution is -0.125. The molecule has 1 aromatic heterocycles. The third-order valence-corrected chi connectivity index (χ3v) is 4.01.